The Balaban J connectivity index is 1.77. The van der Waals surface area contributed by atoms with E-state index in [9.17, 15) is 9.59 Å². The lowest BCUT2D eigenvalue weighted by atomic mass is 10.1. The van der Waals surface area contributed by atoms with E-state index in [0.717, 1.165) is 5.56 Å². The molecule has 0 bridgehead atoms. The van der Waals surface area contributed by atoms with Crippen LogP contribution in [-0.4, -0.2) is 16.7 Å². The summed E-state index contributed by atoms with van der Waals surface area (Å²) in [6.07, 6.45) is 4.09. The molecule has 0 N–H and O–H groups in total. The quantitative estimate of drug-likeness (QED) is 0.798. The highest BCUT2D eigenvalue weighted by molar-refractivity contribution is 6.22. The lowest BCUT2D eigenvalue weighted by molar-refractivity contribution is 0.0721. The SMILES string of the molecule is O=C1c2ccccc2C(=O)N1/C=C/Cc1ccccc1. The average molecular weight is 263 g/mol. The number of hydrogen-bond acceptors (Lipinski definition) is 2. The maximum absolute atomic E-state index is 12.1. The number of hydrogen-bond donors (Lipinski definition) is 0. The largest absolute Gasteiger partial charge is 0.268 e. The summed E-state index contributed by atoms with van der Waals surface area (Å²) in [5.74, 6) is -0.509. The highest BCUT2D eigenvalue weighted by atomic mass is 16.2. The van der Waals surface area contributed by atoms with Crippen LogP contribution >= 0.6 is 0 Å². The van der Waals surface area contributed by atoms with E-state index in [1.54, 1.807) is 30.5 Å². The molecule has 1 aliphatic heterocycles. The smallest absolute Gasteiger partial charge is 0.265 e. The number of benzene rings is 2. The molecule has 3 nitrogen and oxygen atoms in total. The molecule has 0 fully saturated rings. The summed E-state index contributed by atoms with van der Waals surface area (Å²) in [6, 6.07) is 16.8. The van der Waals surface area contributed by atoms with Gasteiger partial charge in [-0.25, -0.2) is 4.90 Å². The lowest BCUT2D eigenvalue weighted by Crippen LogP contribution is -2.23. The van der Waals surface area contributed by atoms with E-state index >= 15 is 0 Å². The van der Waals surface area contributed by atoms with Gasteiger partial charge >= 0.3 is 0 Å². The van der Waals surface area contributed by atoms with Crippen molar-refractivity contribution in [2.24, 2.45) is 0 Å². The minimum absolute atomic E-state index is 0.255. The fourth-order valence-electron chi connectivity index (χ4n) is 2.25. The second-order valence-electron chi connectivity index (χ2n) is 4.60. The second-order valence-corrected chi connectivity index (χ2v) is 4.60. The molecule has 3 heteroatoms. The van der Waals surface area contributed by atoms with Crippen molar-refractivity contribution in [1.29, 1.82) is 0 Å². The summed E-state index contributed by atoms with van der Waals surface area (Å²) in [5, 5.41) is 0. The van der Waals surface area contributed by atoms with Crippen molar-refractivity contribution in [2.45, 2.75) is 6.42 Å². The third-order valence-corrected chi connectivity index (χ3v) is 3.28. The maximum Gasteiger partial charge on any atom is 0.265 e. The zero-order chi connectivity index (χ0) is 13.9. The predicted molar refractivity (Wildman–Crippen MR) is 76.2 cm³/mol. The summed E-state index contributed by atoms with van der Waals surface area (Å²) in [5.41, 5.74) is 2.09. The molecule has 1 heterocycles. The molecule has 0 aliphatic carbocycles. The van der Waals surface area contributed by atoms with E-state index in [4.69, 9.17) is 0 Å². The molecule has 0 saturated heterocycles. The van der Waals surface area contributed by atoms with E-state index in [2.05, 4.69) is 0 Å². The molecule has 98 valence electrons. The fourth-order valence-corrected chi connectivity index (χ4v) is 2.25. The first kappa shape index (κ1) is 12.4. The normalized spacial score (nSPS) is 14.1. The van der Waals surface area contributed by atoms with Crippen LogP contribution in [0.15, 0.2) is 66.9 Å². The van der Waals surface area contributed by atoms with Crippen LogP contribution < -0.4 is 0 Å². The Hall–Kier alpha value is -2.68. The Morgan fingerprint density at radius 3 is 1.95 bits per heavy atom. The van der Waals surface area contributed by atoms with Gasteiger partial charge in [0.1, 0.15) is 0 Å². The van der Waals surface area contributed by atoms with Crippen LogP contribution in [0, 0.1) is 0 Å². The Labute approximate surface area is 117 Å². The van der Waals surface area contributed by atoms with Crippen molar-refractivity contribution in [3.05, 3.63) is 83.6 Å². The standard InChI is InChI=1S/C17H13NO2/c19-16-14-10-4-5-11-15(14)17(20)18(16)12-6-9-13-7-2-1-3-8-13/h1-8,10-12H,9H2/b12-6+. The van der Waals surface area contributed by atoms with Gasteiger partial charge in [-0.15, -0.1) is 0 Å². The molecule has 0 radical (unpaired) electrons. The Morgan fingerprint density at radius 2 is 1.35 bits per heavy atom. The monoisotopic (exact) mass is 263 g/mol. The van der Waals surface area contributed by atoms with Crippen LogP contribution in [0.5, 0.6) is 0 Å². The lowest BCUT2D eigenvalue weighted by Gasteiger charge is -2.06. The summed E-state index contributed by atoms with van der Waals surface area (Å²) in [7, 11) is 0. The molecule has 0 spiro atoms. The van der Waals surface area contributed by atoms with E-state index in [0.29, 0.717) is 17.5 Å². The van der Waals surface area contributed by atoms with E-state index in [1.165, 1.54) is 4.90 Å². The van der Waals surface area contributed by atoms with E-state index in [1.807, 2.05) is 36.4 Å². The molecule has 0 saturated carbocycles. The topological polar surface area (TPSA) is 37.4 Å². The van der Waals surface area contributed by atoms with Crippen molar-refractivity contribution in [3.63, 3.8) is 0 Å². The van der Waals surface area contributed by atoms with Crippen molar-refractivity contribution in [1.82, 2.24) is 4.90 Å². The van der Waals surface area contributed by atoms with Crippen LogP contribution in [0.1, 0.15) is 26.3 Å². The molecule has 2 aromatic rings. The zero-order valence-corrected chi connectivity index (χ0v) is 10.8. The number of nitrogens with zero attached hydrogens (tertiary/aromatic N) is 1. The van der Waals surface area contributed by atoms with Gasteiger partial charge in [0.05, 0.1) is 11.1 Å². The van der Waals surface area contributed by atoms with Gasteiger partial charge in [0.2, 0.25) is 0 Å². The summed E-state index contributed by atoms with van der Waals surface area (Å²) in [6.45, 7) is 0. The second kappa shape index (κ2) is 5.13. The van der Waals surface area contributed by atoms with Gasteiger partial charge in [0.15, 0.2) is 0 Å². The minimum atomic E-state index is -0.255. The van der Waals surface area contributed by atoms with Crippen LogP contribution in [0.4, 0.5) is 0 Å². The Morgan fingerprint density at radius 1 is 0.800 bits per heavy atom. The molecular formula is C17H13NO2. The summed E-state index contributed by atoms with van der Waals surface area (Å²) < 4.78 is 0. The summed E-state index contributed by atoms with van der Waals surface area (Å²) in [4.78, 5) is 25.4. The Kier molecular flexibility index (Phi) is 3.17. The van der Waals surface area contributed by atoms with Crippen LogP contribution in [0.2, 0.25) is 0 Å². The summed E-state index contributed by atoms with van der Waals surface area (Å²) >= 11 is 0. The first-order valence-electron chi connectivity index (χ1n) is 6.45. The third kappa shape index (κ3) is 2.14. The van der Waals surface area contributed by atoms with Crippen LogP contribution in [0.25, 0.3) is 0 Å². The number of allylic oxidation sites excluding steroid dienone is 1. The number of carbonyl (C=O) groups excluding carboxylic acids is 2. The minimum Gasteiger partial charge on any atom is -0.268 e. The third-order valence-electron chi connectivity index (χ3n) is 3.28. The fraction of sp³-hybridized carbons (Fsp3) is 0.0588. The van der Waals surface area contributed by atoms with Crippen molar-refractivity contribution < 1.29 is 9.59 Å². The van der Waals surface area contributed by atoms with E-state index < -0.39 is 0 Å². The van der Waals surface area contributed by atoms with Gasteiger partial charge in [0.25, 0.3) is 11.8 Å². The maximum atomic E-state index is 12.1. The van der Waals surface area contributed by atoms with Gasteiger partial charge in [-0.2, -0.15) is 0 Å². The molecule has 0 atom stereocenters. The van der Waals surface area contributed by atoms with E-state index in [-0.39, 0.29) is 11.8 Å². The highest BCUT2D eigenvalue weighted by Gasteiger charge is 2.33. The molecule has 0 unspecified atom stereocenters. The molecule has 2 aromatic carbocycles. The van der Waals surface area contributed by atoms with Crippen LogP contribution in [-0.2, 0) is 6.42 Å². The van der Waals surface area contributed by atoms with Gasteiger partial charge in [-0.3, -0.25) is 9.59 Å². The number of imide groups is 1. The van der Waals surface area contributed by atoms with Gasteiger partial charge in [0, 0.05) is 6.20 Å². The molecular weight excluding hydrogens is 250 g/mol. The van der Waals surface area contributed by atoms with Crippen molar-refractivity contribution in [3.8, 4) is 0 Å². The van der Waals surface area contributed by atoms with Gasteiger partial charge in [-0.05, 0) is 24.1 Å². The van der Waals surface area contributed by atoms with Crippen molar-refractivity contribution in [2.75, 3.05) is 0 Å². The first-order valence-corrected chi connectivity index (χ1v) is 6.45. The first-order chi connectivity index (χ1) is 9.77. The predicted octanol–water partition coefficient (Wildman–Crippen LogP) is 3.04. The van der Waals surface area contributed by atoms with Gasteiger partial charge < -0.3 is 0 Å². The average Bonchev–Trinajstić information content (AvgIpc) is 2.74. The van der Waals surface area contributed by atoms with Crippen molar-refractivity contribution >= 4 is 11.8 Å². The highest BCUT2D eigenvalue weighted by Crippen LogP contribution is 2.22. The molecule has 3 rings (SSSR count). The zero-order valence-electron chi connectivity index (χ0n) is 10.8. The number of carbonyl (C=O) groups is 2. The van der Waals surface area contributed by atoms with Gasteiger partial charge in [-0.1, -0.05) is 48.5 Å². The molecule has 2 amide bonds. The molecule has 20 heavy (non-hydrogen) atoms. The number of amides is 2. The Bertz CT molecular complexity index is 654. The molecule has 1 aliphatic rings. The van der Waals surface area contributed by atoms with Crippen LogP contribution in [0.3, 0.4) is 0 Å². The number of rotatable bonds is 3. The number of fused-ring (bicyclic) bond motifs is 1. The molecule has 0 aromatic heterocycles.